The smallest absolute Gasteiger partial charge is 0.156 e. The Hall–Kier alpha value is -0.940. The fourth-order valence-electron chi connectivity index (χ4n) is 1.47. The summed E-state index contributed by atoms with van der Waals surface area (Å²) in [7, 11) is -3.11. The van der Waals surface area contributed by atoms with Crippen LogP contribution in [0.4, 0.5) is 0 Å². The van der Waals surface area contributed by atoms with Crippen LogP contribution in [-0.4, -0.2) is 25.7 Å². The van der Waals surface area contributed by atoms with Crippen molar-refractivity contribution in [2.45, 2.75) is 19.6 Å². The minimum absolute atomic E-state index is 0.000972. The number of aryl methyl sites for hydroxylation is 1. The Morgan fingerprint density at radius 1 is 1.44 bits per heavy atom. The van der Waals surface area contributed by atoms with Gasteiger partial charge < -0.3 is 5.73 Å². The lowest BCUT2D eigenvalue weighted by Crippen LogP contribution is -2.22. The Morgan fingerprint density at radius 3 is 2.69 bits per heavy atom. The molecule has 0 aromatic carbocycles. The van der Waals surface area contributed by atoms with Crippen molar-refractivity contribution in [1.29, 1.82) is 0 Å². The number of nitrogens with two attached hydrogens (primary N) is 1. The number of hydrogen-bond acceptors (Lipinski definition) is 4. The normalized spacial score (nSPS) is 13.7. The van der Waals surface area contributed by atoms with E-state index in [0.29, 0.717) is 12.2 Å². The number of hydrogen-bond donors (Lipinski definition) is 1. The maximum Gasteiger partial charge on any atom is 0.156 e. The Bertz CT molecular complexity index is 443. The summed E-state index contributed by atoms with van der Waals surface area (Å²) < 4.78 is 23.6. The van der Waals surface area contributed by atoms with Crippen molar-refractivity contribution in [2.75, 3.05) is 12.3 Å². The second kappa shape index (κ2) is 5.41. The summed E-state index contributed by atoms with van der Waals surface area (Å²) in [5.74, 6) is 0.118. The van der Waals surface area contributed by atoms with E-state index in [2.05, 4.69) is 4.98 Å². The van der Waals surface area contributed by atoms with Gasteiger partial charge in [0.15, 0.2) is 9.84 Å². The van der Waals surface area contributed by atoms with Gasteiger partial charge in [-0.1, -0.05) is 13.0 Å². The van der Waals surface area contributed by atoms with Crippen LogP contribution in [0.2, 0.25) is 0 Å². The van der Waals surface area contributed by atoms with Crippen molar-refractivity contribution in [3.05, 3.63) is 29.6 Å². The van der Waals surface area contributed by atoms with Gasteiger partial charge in [0.05, 0.1) is 17.2 Å². The third-order valence-electron chi connectivity index (χ3n) is 2.25. The fourth-order valence-corrected chi connectivity index (χ4v) is 3.20. The lowest BCUT2D eigenvalue weighted by molar-refractivity contribution is 0.572. The SMILES string of the molecule is Cc1cccc(CS(=O)(=O)CC(C)CN)n1. The molecule has 0 fully saturated rings. The molecule has 0 saturated heterocycles. The Kier molecular flexibility index (Phi) is 4.44. The van der Waals surface area contributed by atoms with Gasteiger partial charge >= 0.3 is 0 Å². The van der Waals surface area contributed by atoms with Crippen LogP contribution in [0.5, 0.6) is 0 Å². The number of sulfone groups is 1. The first-order valence-electron chi connectivity index (χ1n) is 5.26. The van der Waals surface area contributed by atoms with E-state index in [1.54, 1.807) is 6.07 Å². The van der Waals surface area contributed by atoms with E-state index in [1.807, 2.05) is 26.0 Å². The first-order valence-corrected chi connectivity index (χ1v) is 7.08. The molecule has 1 unspecified atom stereocenters. The monoisotopic (exact) mass is 242 g/mol. The minimum atomic E-state index is -3.11. The maximum atomic E-state index is 11.8. The first-order chi connectivity index (χ1) is 7.43. The molecule has 90 valence electrons. The van der Waals surface area contributed by atoms with E-state index in [-0.39, 0.29) is 17.4 Å². The van der Waals surface area contributed by atoms with Gasteiger partial charge in [-0.2, -0.15) is 0 Å². The molecule has 0 saturated carbocycles. The molecule has 1 atom stereocenters. The summed E-state index contributed by atoms with van der Waals surface area (Å²) in [4.78, 5) is 4.18. The van der Waals surface area contributed by atoms with Crippen LogP contribution < -0.4 is 5.73 Å². The summed E-state index contributed by atoms with van der Waals surface area (Å²) in [5.41, 5.74) is 6.85. The van der Waals surface area contributed by atoms with E-state index < -0.39 is 9.84 Å². The molecule has 16 heavy (non-hydrogen) atoms. The van der Waals surface area contributed by atoms with Crippen LogP contribution in [0.15, 0.2) is 18.2 Å². The summed E-state index contributed by atoms with van der Waals surface area (Å²) in [5, 5.41) is 0. The van der Waals surface area contributed by atoms with Crippen LogP contribution >= 0.6 is 0 Å². The number of aromatic nitrogens is 1. The lowest BCUT2D eigenvalue weighted by Gasteiger charge is -2.09. The number of nitrogens with zero attached hydrogens (tertiary/aromatic N) is 1. The fraction of sp³-hybridized carbons (Fsp3) is 0.545. The van der Waals surface area contributed by atoms with Crippen molar-refractivity contribution in [1.82, 2.24) is 4.98 Å². The van der Waals surface area contributed by atoms with Gasteiger partial charge in [-0.25, -0.2) is 8.42 Å². The zero-order valence-electron chi connectivity index (χ0n) is 9.68. The van der Waals surface area contributed by atoms with Crippen LogP contribution in [0, 0.1) is 12.8 Å². The third-order valence-corrected chi connectivity index (χ3v) is 4.07. The van der Waals surface area contributed by atoms with Crippen molar-refractivity contribution in [3.8, 4) is 0 Å². The molecule has 2 N–H and O–H groups in total. The van der Waals surface area contributed by atoms with Crippen molar-refractivity contribution in [2.24, 2.45) is 11.7 Å². The molecule has 0 radical (unpaired) electrons. The summed E-state index contributed by atoms with van der Waals surface area (Å²) >= 11 is 0. The number of pyridine rings is 1. The van der Waals surface area contributed by atoms with Crippen molar-refractivity contribution in [3.63, 3.8) is 0 Å². The summed E-state index contributed by atoms with van der Waals surface area (Å²) in [6.45, 7) is 4.07. The average Bonchev–Trinajstić information content (AvgIpc) is 2.15. The van der Waals surface area contributed by atoms with Gasteiger partial charge in [0, 0.05) is 5.69 Å². The minimum Gasteiger partial charge on any atom is -0.330 e. The molecule has 0 spiro atoms. The van der Waals surface area contributed by atoms with Crippen LogP contribution in [-0.2, 0) is 15.6 Å². The lowest BCUT2D eigenvalue weighted by atomic mass is 10.2. The van der Waals surface area contributed by atoms with Gasteiger partial charge in [0.25, 0.3) is 0 Å². The van der Waals surface area contributed by atoms with E-state index in [0.717, 1.165) is 5.69 Å². The van der Waals surface area contributed by atoms with E-state index in [4.69, 9.17) is 5.73 Å². The molecule has 1 aromatic rings. The molecule has 0 aliphatic carbocycles. The van der Waals surface area contributed by atoms with Gasteiger partial charge in [-0.05, 0) is 31.5 Å². The Labute approximate surface area is 96.8 Å². The summed E-state index contributed by atoms with van der Waals surface area (Å²) in [6.07, 6.45) is 0. The molecule has 1 heterocycles. The van der Waals surface area contributed by atoms with Gasteiger partial charge in [-0.15, -0.1) is 0 Å². The van der Waals surface area contributed by atoms with Crippen molar-refractivity contribution < 1.29 is 8.42 Å². The highest BCUT2D eigenvalue weighted by Crippen LogP contribution is 2.08. The molecule has 5 heteroatoms. The molecule has 0 bridgehead atoms. The van der Waals surface area contributed by atoms with Crippen molar-refractivity contribution >= 4 is 9.84 Å². The summed E-state index contributed by atoms with van der Waals surface area (Å²) in [6, 6.07) is 5.40. The van der Waals surface area contributed by atoms with Gasteiger partial charge in [-0.3, -0.25) is 4.98 Å². The predicted molar refractivity (Wildman–Crippen MR) is 64.7 cm³/mol. The van der Waals surface area contributed by atoms with E-state index >= 15 is 0 Å². The van der Waals surface area contributed by atoms with E-state index in [1.165, 1.54) is 0 Å². The maximum absolute atomic E-state index is 11.8. The molecule has 0 aliphatic heterocycles. The average molecular weight is 242 g/mol. The van der Waals surface area contributed by atoms with E-state index in [9.17, 15) is 8.42 Å². The largest absolute Gasteiger partial charge is 0.330 e. The number of rotatable bonds is 5. The van der Waals surface area contributed by atoms with Crippen LogP contribution in [0.3, 0.4) is 0 Å². The third kappa shape index (κ3) is 4.28. The molecular weight excluding hydrogens is 224 g/mol. The predicted octanol–water partition coefficient (Wildman–Crippen LogP) is 0.900. The highest BCUT2D eigenvalue weighted by atomic mass is 32.2. The van der Waals surface area contributed by atoms with Crippen LogP contribution in [0.25, 0.3) is 0 Å². The highest BCUT2D eigenvalue weighted by molar-refractivity contribution is 7.90. The topological polar surface area (TPSA) is 73.0 Å². The molecule has 0 amide bonds. The van der Waals surface area contributed by atoms with Crippen LogP contribution in [0.1, 0.15) is 18.3 Å². The second-order valence-electron chi connectivity index (χ2n) is 4.17. The zero-order valence-corrected chi connectivity index (χ0v) is 10.5. The second-order valence-corrected chi connectivity index (χ2v) is 6.27. The highest BCUT2D eigenvalue weighted by Gasteiger charge is 2.16. The molecule has 4 nitrogen and oxygen atoms in total. The Morgan fingerprint density at radius 2 is 2.12 bits per heavy atom. The Balaban J connectivity index is 2.73. The standard InChI is InChI=1S/C11H18N2O2S/c1-9(6-12)7-16(14,15)8-11-5-3-4-10(2)13-11/h3-5,9H,6-8,12H2,1-2H3. The molecule has 0 aliphatic rings. The first kappa shape index (κ1) is 13.1. The molecule has 1 rings (SSSR count). The molecular formula is C11H18N2O2S. The zero-order chi connectivity index (χ0) is 12.2. The van der Waals surface area contributed by atoms with Gasteiger partial charge in [0.2, 0.25) is 0 Å². The molecule has 1 aromatic heterocycles. The van der Waals surface area contributed by atoms with Gasteiger partial charge in [0.1, 0.15) is 0 Å². The quantitative estimate of drug-likeness (QED) is 0.832.